The van der Waals surface area contributed by atoms with Crippen molar-refractivity contribution in [2.24, 2.45) is 0 Å². The van der Waals surface area contributed by atoms with Gasteiger partial charge in [-0.25, -0.2) is 15.0 Å². The van der Waals surface area contributed by atoms with Crippen molar-refractivity contribution in [3.63, 3.8) is 0 Å². The Labute approximate surface area is 301 Å². The van der Waals surface area contributed by atoms with Gasteiger partial charge in [0.15, 0.2) is 28.8 Å². The second kappa shape index (κ2) is 14.4. The highest BCUT2D eigenvalue weighted by atomic mass is 16.6. The second-order valence-corrected chi connectivity index (χ2v) is 13.3. The van der Waals surface area contributed by atoms with E-state index in [1.54, 1.807) is 28.8 Å². The summed E-state index contributed by atoms with van der Waals surface area (Å²) < 4.78 is 14.5. The van der Waals surface area contributed by atoms with E-state index in [1.165, 1.54) is 12.7 Å². The second-order valence-electron chi connectivity index (χ2n) is 13.3. The van der Waals surface area contributed by atoms with Crippen LogP contribution in [-0.4, -0.2) is 72.7 Å². The normalized spacial score (nSPS) is 23.4. The van der Waals surface area contributed by atoms with Crippen LogP contribution in [0.5, 0.6) is 0 Å². The molecule has 0 radical (unpaired) electrons. The maximum Gasteiger partial charge on any atom is 0.256 e. The van der Waals surface area contributed by atoms with E-state index in [-0.39, 0.29) is 18.3 Å². The Morgan fingerprint density at radius 3 is 2.00 bits per heavy atom. The summed E-state index contributed by atoms with van der Waals surface area (Å²) >= 11 is 0. The molecule has 2 aliphatic rings. The molecule has 11 nitrogen and oxygen atoms in total. The minimum Gasteiger partial charge on any atom is -0.387 e. The molecule has 52 heavy (non-hydrogen) atoms. The number of aliphatic hydroxyl groups is 2. The third kappa shape index (κ3) is 5.96. The number of amides is 1. The molecular weight excluding hydrogens is 656 g/mol. The fraction of sp³-hybridized carbons (Fsp3) is 0.268. The molecular formula is C41H40N6O5. The number of nitrogens with zero attached hydrogens (tertiary/aromatic N) is 4. The molecule has 2 fully saturated rings. The number of imidazole rings is 1. The molecule has 6 aromatic rings. The zero-order chi connectivity index (χ0) is 35.5. The smallest absolute Gasteiger partial charge is 0.256 e. The molecule has 1 amide bonds. The third-order valence-corrected chi connectivity index (χ3v) is 10.3. The first-order valence-electron chi connectivity index (χ1n) is 17.6. The highest BCUT2D eigenvalue weighted by Gasteiger charge is 2.61. The summed E-state index contributed by atoms with van der Waals surface area (Å²) in [4.78, 5) is 26.4. The van der Waals surface area contributed by atoms with Gasteiger partial charge in [0.25, 0.3) is 5.91 Å². The molecule has 4 heterocycles. The number of hydrogen-bond donors (Lipinski definition) is 4. The number of aromatic nitrogens is 4. The fourth-order valence-electron chi connectivity index (χ4n) is 7.70. The standard InChI is InChI=1S/C41H40N6O5/c48-35-32(25-45-40(29-17-7-2-8-18-29,30-19-9-3-10-20-30)31-21-11-4-12-22-31)52-39(41(35,50)33-23-13-14-24-51-33)47-27-44-34-36(42-26-43-37(34)47)46-38(49)28-15-5-1-6-16-28/h1-12,15-22,26-27,32-33,35,39,45,48,50H,13-14,23-25H2,(H,42,43,46,49)/t32-,33?,35-,39-,41-/m1/s1. The quantitative estimate of drug-likeness (QED) is 0.142. The molecule has 4 N–H and O–H groups in total. The number of benzene rings is 4. The Bertz CT molecular complexity index is 2010. The highest BCUT2D eigenvalue weighted by Crippen LogP contribution is 2.46. The van der Waals surface area contributed by atoms with Crippen molar-refractivity contribution in [1.29, 1.82) is 0 Å². The van der Waals surface area contributed by atoms with Crippen molar-refractivity contribution in [3.05, 3.63) is 156 Å². The fourth-order valence-corrected chi connectivity index (χ4v) is 7.70. The highest BCUT2D eigenvalue weighted by molar-refractivity contribution is 6.06. The summed E-state index contributed by atoms with van der Waals surface area (Å²) in [7, 11) is 0. The summed E-state index contributed by atoms with van der Waals surface area (Å²) in [6.45, 7) is 0.613. The molecule has 2 aromatic heterocycles. The van der Waals surface area contributed by atoms with Crippen LogP contribution in [-0.2, 0) is 15.0 Å². The maximum atomic E-state index is 13.0. The number of anilines is 1. The first-order chi connectivity index (χ1) is 25.5. The van der Waals surface area contributed by atoms with Gasteiger partial charge in [-0.3, -0.25) is 14.7 Å². The van der Waals surface area contributed by atoms with E-state index in [1.807, 2.05) is 60.7 Å². The number of hydrogen-bond acceptors (Lipinski definition) is 9. The predicted octanol–water partition coefficient (Wildman–Crippen LogP) is 5.22. The van der Waals surface area contributed by atoms with Gasteiger partial charge in [0.1, 0.15) is 18.5 Å². The molecule has 0 spiro atoms. The van der Waals surface area contributed by atoms with E-state index in [2.05, 4.69) is 62.0 Å². The lowest BCUT2D eigenvalue weighted by atomic mass is 9.76. The molecule has 0 aliphatic carbocycles. The van der Waals surface area contributed by atoms with E-state index in [0.29, 0.717) is 29.8 Å². The Morgan fingerprint density at radius 2 is 1.42 bits per heavy atom. The first kappa shape index (κ1) is 33.8. The molecule has 0 saturated carbocycles. The number of carbonyl (C=O) groups excluding carboxylic acids is 1. The van der Waals surface area contributed by atoms with Gasteiger partial charge in [-0.1, -0.05) is 109 Å². The summed E-state index contributed by atoms with van der Waals surface area (Å²) in [6.07, 6.45) is 0.971. The molecule has 8 rings (SSSR count). The molecule has 0 bridgehead atoms. The molecule has 11 heteroatoms. The van der Waals surface area contributed by atoms with Crippen molar-refractivity contribution in [1.82, 2.24) is 24.8 Å². The van der Waals surface area contributed by atoms with Gasteiger partial charge < -0.3 is 25.0 Å². The van der Waals surface area contributed by atoms with Crippen molar-refractivity contribution in [2.75, 3.05) is 18.5 Å². The van der Waals surface area contributed by atoms with Crippen LogP contribution in [0, 0.1) is 0 Å². The van der Waals surface area contributed by atoms with Crippen molar-refractivity contribution in [3.8, 4) is 0 Å². The number of ether oxygens (including phenoxy) is 2. The minimum absolute atomic E-state index is 0.158. The van der Waals surface area contributed by atoms with Crippen LogP contribution < -0.4 is 10.6 Å². The summed E-state index contributed by atoms with van der Waals surface area (Å²) in [5.74, 6) is -0.134. The summed E-state index contributed by atoms with van der Waals surface area (Å²) in [6, 6.07) is 39.3. The van der Waals surface area contributed by atoms with Gasteiger partial charge in [0.2, 0.25) is 0 Å². The first-order valence-corrected chi connectivity index (χ1v) is 17.6. The van der Waals surface area contributed by atoms with Crippen LogP contribution in [0.1, 0.15) is 52.5 Å². The van der Waals surface area contributed by atoms with Crippen LogP contribution in [0.2, 0.25) is 0 Å². The van der Waals surface area contributed by atoms with Crippen LogP contribution in [0.3, 0.4) is 0 Å². The Kier molecular flexibility index (Phi) is 9.35. The molecule has 4 aromatic carbocycles. The van der Waals surface area contributed by atoms with E-state index in [4.69, 9.17) is 9.47 Å². The van der Waals surface area contributed by atoms with Crippen molar-refractivity contribution in [2.45, 2.75) is 54.9 Å². The number of carbonyl (C=O) groups is 1. The van der Waals surface area contributed by atoms with E-state index < -0.39 is 35.7 Å². The van der Waals surface area contributed by atoms with Crippen LogP contribution in [0.25, 0.3) is 11.2 Å². The SMILES string of the molecule is O=C(Nc1ncnc2c1ncn2[C@@H]1O[C@H](CNC(c2ccccc2)(c2ccccc2)c2ccccc2)[C@@H](O)[C@]1(O)C1CCCCO1)c1ccccc1. The monoisotopic (exact) mass is 696 g/mol. The minimum atomic E-state index is -1.87. The largest absolute Gasteiger partial charge is 0.387 e. The zero-order valence-corrected chi connectivity index (χ0v) is 28.5. The van der Waals surface area contributed by atoms with E-state index in [0.717, 1.165) is 29.5 Å². The lowest BCUT2D eigenvalue weighted by molar-refractivity contribution is -0.197. The number of rotatable bonds is 10. The number of fused-ring (bicyclic) bond motifs is 1. The van der Waals surface area contributed by atoms with Crippen molar-refractivity contribution >= 4 is 22.9 Å². The Balaban J connectivity index is 1.17. The lowest BCUT2D eigenvalue weighted by Crippen LogP contribution is -2.58. The number of nitrogens with one attached hydrogen (secondary N) is 2. The maximum absolute atomic E-state index is 13.0. The predicted molar refractivity (Wildman–Crippen MR) is 195 cm³/mol. The average Bonchev–Trinajstić information content (AvgIpc) is 3.75. The molecule has 2 aliphatic heterocycles. The third-order valence-electron chi connectivity index (χ3n) is 10.3. The van der Waals surface area contributed by atoms with Crippen LogP contribution in [0.15, 0.2) is 134 Å². The van der Waals surface area contributed by atoms with Gasteiger partial charge >= 0.3 is 0 Å². The summed E-state index contributed by atoms with van der Waals surface area (Å²) in [5, 5.41) is 31.5. The average molecular weight is 697 g/mol. The zero-order valence-electron chi connectivity index (χ0n) is 28.5. The Morgan fingerprint density at radius 1 is 0.827 bits per heavy atom. The van der Waals surface area contributed by atoms with E-state index >= 15 is 0 Å². The summed E-state index contributed by atoms with van der Waals surface area (Å²) in [5.41, 5.74) is 1.42. The molecule has 264 valence electrons. The topological polar surface area (TPSA) is 144 Å². The van der Waals surface area contributed by atoms with Crippen LogP contribution >= 0.6 is 0 Å². The Hall–Kier alpha value is -5.30. The van der Waals surface area contributed by atoms with Gasteiger partial charge in [-0.2, -0.15) is 0 Å². The van der Waals surface area contributed by atoms with Gasteiger partial charge in [0.05, 0.1) is 18.0 Å². The van der Waals surface area contributed by atoms with E-state index in [9.17, 15) is 15.0 Å². The van der Waals surface area contributed by atoms with Crippen LogP contribution in [0.4, 0.5) is 5.82 Å². The molecule has 5 atom stereocenters. The number of aliphatic hydroxyl groups excluding tert-OH is 1. The lowest BCUT2D eigenvalue weighted by Gasteiger charge is -2.40. The van der Waals surface area contributed by atoms with Gasteiger partial charge in [-0.05, 0) is 48.1 Å². The molecule has 2 saturated heterocycles. The molecule has 1 unspecified atom stereocenters. The van der Waals surface area contributed by atoms with Gasteiger partial charge in [-0.15, -0.1) is 0 Å². The van der Waals surface area contributed by atoms with Crippen molar-refractivity contribution < 1.29 is 24.5 Å². The van der Waals surface area contributed by atoms with Gasteiger partial charge in [0, 0.05) is 18.7 Å².